The SMILES string of the molecule is CCCCCCc1ccc2c(c1)-c1cc(CCCCCC)ccc1C21c2cc(P(=O)(c3ccccc3)c3ccccc3)ccc2-c2ccc(P(=O)(c3ccccc3)c3ccccc3)cc21. The molecule has 8 aromatic rings. The van der Waals surface area contributed by atoms with E-state index < -0.39 is 19.7 Å². The van der Waals surface area contributed by atoms with Crippen molar-refractivity contribution in [3.8, 4) is 22.3 Å². The topological polar surface area (TPSA) is 34.1 Å². The van der Waals surface area contributed by atoms with E-state index in [1.54, 1.807) is 0 Å². The molecule has 10 rings (SSSR count). The molecule has 0 bridgehead atoms. The molecule has 0 amide bonds. The zero-order chi connectivity index (χ0) is 44.4. The fourth-order valence-electron chi connectivity index (χ4n) is 11.0. The molecule has 0 radical (unpaired) electrons. The van der Waals surface area contributed by atoms with Crippen LogP contribution in [0.2, 0.25) is 0 Å². The van der Waals surface area contributed by atoms with Crippen LogP contribution in [0.15, 0.2) is 194 Å². The van der Waals surface area contributed by atoms with Gasteiger partial charge < -0.3 is 9.13 Å². The molecule has 324 valence electrons. The van der Waals surface area contributed by atoms with Gasteiger partial charge in [0.15, 0.2) is 14.3 Å². The quantitative estimate of drug-likeness (QED) is 0.0716. The van der Waals surface area contributed by atoms with Gasteiger partial charge in [0.25, 0.3) is 0 Å². The number of rotatable bonds is 16. The minimum absolute atomic E-state index is 0.751. The van der Waals surface area contributed by atoms with Crippen LogP contribution in [0, 0.1) is 0 Å². The maximum Gasteiger partial charge on any atom is 0.171 e. The minimum atomic E-state index is -3.34. The van der Waals surface area contributed by atoms with E-state index in [1.807, 2.05) is 121 Å². The van der Waals surface area contributed by atoms with Crippen molar-refractivity contribution in [3.05, 3.63) is 228 Å². The molecule has 0 saturated carbocycles. The maximum absolute atomic E-state index is 16.2. The molecule has 2 aliphatic rings. The highest BCUT2D eigenvalue weighted by Crippen LogP contribution is 2.64. The summed E-state index contributed by atoms with van der Waals surface area (Å²) in [6.45, 7) is 4.55. The van der Waals surface area contributed by atoms with Gasteiger partial charge in [-0.3, -0.25) is 0 Å². The first-order valence-electron chi connectivity index (χ1n) is 23.9. The summed E-state index contributed by atoms with van der Waals surface area (Å²) in [5, 5.41) is 4.90. The molecule has 2 nitrogen and oxygen atoms in total. The first-order chi connectivity index (χ1) is 31.9. The van der Waals surface area contributed by atoms with Crippen molar-refractivity contribution >= 4 is 46.1 Å². The van der Waals surface area contributed by atoms with Crippen LogP contribution in [-0.4, -0.2) is 0 Å². The summed E-state index contributed by atoms with van der Waals surface area (Å²) in [5.41, 5.74) is 11.6. The Bertz CT molecular complexity index is 2770. The van der Waals surface area contributed by atoms with Crippen LogP contribution in [0.25, 0.3) is 22.3 Å². The van der Waals surface area contributed by atoms with E-state index in [4.69, 9.17) is 0 Å². The van der Waals surface area contributed by atoms with Gasteiger partial charge in [0.2, 0.25) is 0 Å². The van der Waals surface area contributed by atoms with Gasteiger partial charge in [0.05, 0.1) is 5.41 Å². The fourth-order valence-corrected chi connectivity index (χ4v) is 16.3. The van der Waals surface area contributed by atoms with Crippen LogP contribution in [0.1, 0.15) is 98.6 Å². The number of fused-ring (bicyclic) bond motifs is 10. The Kier molecular flexibility index (Phi) is 12.1. The van der Waals surface area contributed by atoms with Crippen molar-refractivity contribution < 1.29 is 9.13 Å². The summed E-state index contributed by atoms with van der Waals surface area (Å²) in [4.78, 5) is 0. The van der Waals surface area contributed by atoms with Gasteiger partial charge >= 0.3 is 0 Å². The van der Waals surface area contributed by atoms with Crippen molar-refractivity contribution in [2.24, 2.45) is 0 Å². The molecular weight excluding hydrogens is 827 g/mol. The summed E-state index contributed by atoms with van der Waals surface area (Å²) in [6, 6.07) is 67.9. The van der Waals surface area contributed by atoms with Crippen molar-refractivity contribution in [2.75, 3.05) is 0 Å². The van der Waals surface area contributed by atoms with E-state index in [9.17, 15) is 0 Å². The van der Waals surface area contributed by atoms with E-state index >= 15 is 9.13 Å². The van der Waals surface area contributed by atoms with Gasteiger partial charge in [-0.2, -0.15) is 0 Å². The molecule has 0 atom stereocenters. The second-order valence-electron chi connectivity index (χ2n) is 18.2. The number of hydrogen-bond acceptors (Lipinski definition) is 2. The fraction of sp³-hybridized carbons (Fsp3) is 0.213. The van der Waals surface area contributed by atoms with Crippen molar-refractivity contribution in [1.29, 1.82) is 0 Å². The highest BCUT2D eigenvalue weighted by atomic mass is 31.2. The monoisotopic (exact) mass is 884 g/mol. The predicted octanol–water partition coefficient (Wildman–Crippen LogP) is 13.6. The smallest absolute Gasteiger partial charge is 0.171 e. The van der Waals surface area contributed by atoms with Crippen LogP contribution in [-0.2, 0) is 27.4 Å². The lowest BCUT2D eigenvalue weighted by molar-refractivity contribution is 0.591. The van der Waals surface area contributed by atoms with Gasteiger partial charge in [-0.1, -0.05) is 234 Å². The van der Waals surface area contributed by atoms with Gasteiger partial charge in [0, 0.05) is 31.8 Å². The number of aryl methyl sites for hydroxylation is 2. The average Bonchev–Trinajstić information content (AvgIpc) is 3.82. The van der Waals surface area contributed by atoms with Crippen molar-refractivity contribution in [2.45, 2.75) is 83.5 Å². The number of unbranched alkanes of at least 4 members (excludes halogenated alkanes) is 6. The van der Waals surface area contributed by atoms with Crippen molar-refractivity contribution in [1.82, 2.24) is 0 Å². The van der Waals surface area contributed by atoms with E-state index in [-0.39, 0.29) is 0 Å². The standard InChI is InChI=1S/C61H58O2P2/c1-3-5-7-13-23-45-33-39-57-55(41-45)56-42-46(24-14-8-6-4-2)34-40-58(56)61(57)59-43-51(64(62,47-25-15-9-16-26-47)48-27-17-10-18-28-48)35-37-53(59)54-38-36-52(44-60(54)61)65(63,49-29-19-11-20-30-49)50-31-21-12-22-32-50/h9-12,15-22,25-44H,3-8,13-14,23-24H2,1-2H3. The summed E-state index contributed by atoms with van der Waals surface area (Å²) in [5.74, 6) is 0. The second-order valence-corrected chi connectivity index (χ2v) is 23.7. The largest absolute Gasteiger partial charge is 0.309 e. The molecular formula is C61H58O2P2. The van der Waals surface area contributed by atoms with Crippen LogP contribution in [0.5, 0.6) is 0 Å². The lowest BCUT2D eigenvalue weighted by Crippen LogP contribution is -2.31. The first kappa shape index (κ1) is 43.1. The highest BCUT2D eigenvalue weighted by molar-refractivity contribution is 7.85. The van der Waals surface area contributed by atoms with Crippen LogP contribution in [0.3, 0.4) is 0 Å². The summed E-state index contributed by atoms with van der Waals surface area (Å²) in [7, 11) is -6.69. The molecule has 0 aromatic heterocycles. The van der Waals surface area contributed by atoms with E-state index in [0.29, 0.717) is 0 Å². The third-order valence-corrected chi connectivity index (χ3v) is 20.3. The Balaban J connectivity index is 1.26. The summed E-state index contributed by atoms with van der Waals surface area (Å²) in [6.07, 6.45) is 11.8. The average molecular weight is 885 g/mol. The van der Waals surface area contributed by atoms with Gasteiger partial charge in [-0.25, -0.2) is 0 Å². The lowest BCUT2D eigenvalue weighted by atomic mass is 9.70. The molecule has 65 heavy (non-hydrogen) atoms. The number of hydrogen-bond donors (Lipinski definition) is 0. The molecule has 0 heterocycles. The van der Waals surface area contributed by atoms with E-state index in [0.717, 1.165) is 66.9 Å². The van der Waals surface area contributed by atoms with E-state index in [2.05, 4.69) is 86.6 Å². The second kappa shape index (κ2) is 18.2. The summed E-state index contributed by atoms with van der Waals surface area (Å²) < 4.78 is 32.5. The molecule has 2 aliphatic carbocycles. The van der Waals surface area contributed by atoms with Crippen LogP contribution < -0.4 is 31.8 Å². The van der Waals surface area contributed by atoms with Crippen molar-refractivity contribution in [3.63, 3.8) is 0 Å². The minimum Gasteiger partial charge on any atom is -0.309 e. The third-order valence-electron chi connectivity index (χ3n) is 14.2. The molecule has 0 fully saturated rings. The molecule has 4 heteroatoms. The Morgan fingerprint density at radius 3 is 1.02 bits per heavy atom. The Labute approximate surface area is 386 Å². The molecule has 0 N–H and O–H groups in total. The maximum atomic E-state index is 16.2. The Morgan fingerprint density at radius 2 is 0.677 bits per heavy atom. The Hall–Kier alpha value is -5.78. The van der Waals surface area contributed by atoms with E-state index in [1.165, 1.54) is 84.7 Å². The molecule has 0 aliphatic heterocycles. The molecule has 0 unspecified atom stereocenters. The highest BCUT2D eigenvalue weighted by Gasteiger charge is 2.53. The Morgan fingerprint density at radius 1 is 0.323 bits per heavy atom. The first-order valence-corrected chi connectivity index (χ1v) is 27.3. The van der Waals surface area contributed by atoms with Crippen LogP contribution >= 0.6 is 14.3 Å². The normalized spacial score (nSPS) is 13.3. The van der Waals surface area contributed by atoms with Crippen LogP contribution in [0.4, 0.5) is 0 Å². The predicted molar refractivity (Wildman–Crippen MR) is 277 cm³/mol. The van der Waals surface area contributed by atoms with Gasteiger partial charge in [-0.15, -0.1) is 0 Å². The summed E-state index contributed by atoms with van der Waals surface area (Å²) >= 11 is 0. The zero-order valence-electron chi connectivity index (χ0n) is 37.8. The zero-order valence-corrected chi connectivity index (χ0v) is 39.5. The molecule has 0 saturated heterocycles. The third kappa shape index (κ3) is 7.35. The molecule has 8 aromatic carbocycles. The molecule has 1 spiro atoms. The lowest BCUT2D eigenvalue weighted by Gasteiger charge is -2.32. The van der Waals surface area contributed by atoms with Gasteiger partial charge in [0.1, 0.15) is 0 Å². The number of benzene rings is 8. The van der Waals surface area contributed by atoms with Gasteiger partial charge in [-0.05, 0) is 93.5 Å².